The first-order valence-corrected chi connectivity index (χ1v) is 8.37. The summed E-state index contributed by atoms with van der Waals surface area (Å²) in [7, 11) is 0. The van der Waals surface area contributed by atoms with Crippen LogP contribution in [0.1, 0.15) is 44.7 Å². The van der Waals surface area contributed by atoms with Gasteiger partial charge in [-0.05, 0) is 51.2 Å². The first-order valence-electron chi connectivity index (χ1n) is 8.37. The standard InChI is InChI=1S/C18H29N3/c1-18(2,3)21-11-8-16(9-12-21)20-13-15-6-4-5-14-7-10-19-17(14)15/h4-6,16,19-20H,7-13H2,1-3H3. The van der Waals surface area contributed by atoms with Gasteiger partial charge in [-0.15, -0.1) is 0 Å². The van der Waals surface area contributed by atoms with Crippen molar-refractivity contribution in [1.29, 1.82) is 0 Å². The van der Waals surface area contributed by atoms with Gasteiger partial charge >= 0.3 is 0 Å². The molecule has 3 nitrogen and oxygen atoms in total. The van der Waals surface area contributed by atoms with Crippen molar-refractivity contribution in [3.05, 3.63) is 29.3 Å². The van der Waals surface area contributed by atoms with Crippen LogP contribution in [0.4, 0.5) is 5.69 Å². The minimum atomic E-state index is 0.315. The van der Waals surface area contributed by atoms with Gasteiger partial charge in [0.25, 0.3) is 0 Å². The van der Waals surface area contributed by atoms with E-state index in [0.29, 0.717) is 11.6 Å². The lowest BCUT2D eigenvalue weighted by atomic mass is 9.98. The molecule has 2 heterocycles. The number of piperidine rings is 1. The van der Waals surface area contributed by atoms with E-state index in [0.717, 1.165) is 13.1 Å². The van der Waals surface area contributed by atoms with Gasteiger partial charge in [0.05, 0.1) is 0 Å². The summed E-state index contributed by atoms with van der Waals surface area (Å²) in [5, 5.41) is 7.31. The van der Waals surface area contributed by atoms with Crippen LogP contribution in [0.5, 0.6) is 0 Å². The number of likely N-dealkylation sites (tertiary alicyclic amines) is 1. The van der Waals surface area contributed by atoms with E-state index in [2.05, 4.69) is 54.5 Å². The highest BCUT2D eigenvalue weighted by Gasteiger charge is 2.26. The van der Waals surface area contributed by atoms with E-state index < -0.39 is 0 Å². The molecule has 0 spiro atoms. The molecular weight excluding hydrogens is 258 g/mol. The van der Waals surface area contributed by atoms with Gasteiger partial charge < -0.3 is 10.6 Å². The van der Waals surface area contributed by atoms with Crippen LogP contribution in [0, 0.1) is 0 Å². The highest BCUT2D eigenvalue weighted by atomic mass is 15.2. The third kappa shape index (κ3) is 3.41. The average Bonchev–Trinajstić information content (AvgIpc) is 2.93. The van der Waals surface area contributed by atoms with Crippen LogP contribution >= 0.6 is 0 Å². The van der Waals surface area contributed by atoms with Crippen molar-refractivity contribution < 1.29 is 0 Å². The summed E-state index contributed by atoms with van der Waals surface area (Å²) in [4.78, 5) is 2.60. The molecule has 0 radical (unpaired) electrons. The van der Waals surface area contributed by atoms with Crippen molar-refractivity contribution in [2.24, 2.45) is 0 Å². The van der Waals surface area contributed by atoms with Crippen molar-refractivity contribution >= 4 is 5.69 Å². The van der Waals surface area contributed by atoms with E-state index >= 15 is 0 Å². The zero-order chi connectivity index (χ0) is 14.9. The van der Waals surface area contributed by atoms with Crippen LogP contribution in [0.25, 0.3) is 0 Å². The van der Waals surface area contributed by atoms with Crippen LogP contribution in [0.2, 0.25) is 0 Å². The topological polar surface area (TPSA) is 27.3 Å². The Kier molecular flexibility index (Phi) is 4.23. The van der Waals surface area contributed by atoms with E-state index in [1.165, 1.54) is 49.2 Å². The molecule has 3 heteroatoms. The maximum atomic E-state index is 3.77. The molecule has 116 valence electrons. The Hall–Kier alpha value is -1.06. The van der Waals surface area contributed by atoms with Gasteiger partial charge in [-0.25, -0.2) is 0 Å². The molecule has 1 aromatic carbocycles. The van der Waals surface area contributed by atoms with Crippen molar-refractivity contribution in [1.82, 2.24) is 10.2 Å². The molecule has 0 saturated carbocycles. The van der Waals surface area contributed by atoms with E-state index in [1.807, 2.05) is 0 Å². The van der Waals surface area contributed by atoms with Crippen LogP contribution < -0.4 is 10.6 Å². The molecule has 0 aromatic heterocycles. The first-order chi connectivity index (χ1) is 10.0. The van der Waals surface area contributed by atoms with Crippen LogP contribution in [0.3, 0.4) is 0 Å². The monoisotopic (exact) mass is 287 g/mol. The van der Waals surface area contributed by atoms with E-state index in [4.69, 9.17) is 0 Å². The number of hydrogen-bond acceptors (Lipinski definition) is 3. The summed E-state index contributed by atoms with van der Waals surface area (Å²) in [6, 6.07) is 7.38. The Bertz CT molecular complexity index is 482. The van der Waals surface area contributed by atoms with Crippen molar-refractivity contribution in [2.75, 3.05) is 25.0 Å². The molecule has 0 bridgehead atoms. The summed E-state index contributed by atoms with van der Waals surface area (Å²) in [5.74, 6) is 0. The van der Waals surface area contributed by atoms with Crippen molar-refractivity contribution in [3.8, 4) is 0 Å². The van der Waals surface area contributed by atoms with Crippen molar-refractivity contribution in [3.63, 3.8) is 0 Å². The number of para-hydroxylation sites is 1. The second-order valence-corrected chi connectivity index (χ2v) is 7.44. The summed E-state index contributed by atoms with van der Waals surface area (Å²) in [6.45, 7) is 11.5. The fourth-order valence-corrected chi connectivity index (χ4v) is 3.57. The fourth-order valence-electron chi connectivity index (χ4n) is 3.57. The predicted octanol–water partition coefficient (Wildman–Crippen LogP) is 3.01. The Morgan fingerprint density at radius 1 is 1.24 bits per heavy atom. The number of anilines is 1. The highest BCUT2D eigenvalue weighted by Crippen LogP contribution is 2.27. The molecule has 1 aromatic rings. The number of nitrogens with one attached hydrogen (secondary N) is 2. The molecular formula is C18H29N3. The summed E-state index contributed by atoms with van der Waals surface area (Å²) >= 11 is 0. The van der Waals surface area contributed by atoms with E-state index in [1.54, 1.807) is 0 Å². The Balaban J connectivity index is 1.52. The number of hydrogen-bond donors (Lipinski definition) is 2. The largest absolute Gasteiger partial charge is 0.384 e. The van der Waals surface area contributed by atoms with Gasteiger partial charge in [-0.3, -0.25) is 4.90 Å². The Labute approximate surface area is 129 Å². The first kappa shape index (κ1) is 14.9. The maximum absolute atomic E-state index is 3.77. The molecule has 0 aliphatic carbocycles. The molecule has 2 N–H and O–H groups in total. The molecule has 0 amide bonds. The number of benzene rings is 1. The second-order valence-electron chi connectivity index (χ2n) is 7.44. The smallest absolute Gasteiger partial charge is 0.0419 e. The predicted molar refractivity (Wildman–Crippen MR) is 89.8 cm³/mol. The lowest BCUT2D eigenvalue weighted by Gasteiger charge is -2.41. The minimum Gasteiger partial charge on any atom is -0.384 e. The van der Waals surface area contributed by atoms with E-state index in [9.17, 15) is 0 Å². The van der Waals surface area contributed by atoms with Crippen LogP contribution in [0.15, 0.2) is 18.2 Å². The molecule has 1 fully saturated rings. The van der Waals surface area contributed by atoms with Gasteiger partial charge in [0, 0.05) is 43.4 Å². The number of fused-ring (bicyclic) bond motifs is 1. The average molecular weight is 287 g/mol. The molecule has 21 heavy (non-hydrogen) atoms. The van der Waals surface area contributed by atoms with E-state index in [-0.39, 0.29) is 0 Å². The normalized spacial score (nSPS) is 20.3. The molecule has 0 atom stereocenters. The SMILES string of the molecule is CC(C)(C)N1CCC(NCc2cccc3c2NCC3)CC1. The highest BCUT2D eigenvalue weighted by molar-refractivity contribution is 5.61. The summed E-state index contributed by atoms with van der Waals surface area (Å²) in [6.07, 6.45) is 3.70. The molecule has 2 aliphatic rings. The molecule has 3 rings (SSSR count). The lowest BCUT2D eigenvalue weighted by Crippen LogP contribution is -2.49. The zero-order valence-electron chi connectivity index (χ0n) is 13.7. The third-order valence-corrected chi connectivity index (χ3v) is 4.96. The Morgan fingerprint density at radius 3 is 2.71 bits per heavy atom. The molecule has 0 unspecified atom stereocenters. The quantitative estimate of drug-likeness (QED) is 0.895. The summed E-state index contributed by atoms with van der Waals surface area (Å²) in [5.41, 5.74) is 4.62. The van der Waals surface area contributed by atoms with Gasteiger partial charge in [0.1, 0.15) is 0 Å². The summed E-state index contributed by atoms with van der Waals surface area (Å²) < 4.78 is 0. The van der Waals surface area contributed by atoms with Crippen LogP contribution in [-0.4, -0.2) is 36.1 Å². The third-order valence-electron chi connectivity index (χ3n) is 4.96. The van der Waals surface area contributed by atoms with Crippen LogP contribution in [-0.2, 0) is 13.0 Å². The zero-order valence-corrected chi connectivity index (χ0v) is 13.7. The van der Waals surface area contributed by atoms with Gasteiger partial charge in [0.15, 0.2) is 0 Å². The maximum Gasteiger partial charge on any atom is 0.0419 e. The Morgan fingerprint density at radius 2 is 2.00 bits per heavy atom. The van der Waals surface area contributed by atoms with Crippen molar-refractivity contribution in [2.45, 2.75) is 58.2 Å². The number of nitrogens with zero attached hydrogens (tertiary/aromatic N) is 1. The molecule has 1 saturated heterocycles. The van der Waals surface area contributed by atoms with Gasteiger partial charge in [-0.1, -0.05) is 18.2 Å². The number of rotatable bonds is 3. The van der Waals surface area contributed by atoms with Gasteiger partial charge in [-0.2, -0.15) is 0 Å². The second kappa shape index (κ2) is 5.98. The van der Waals surface area contributed by atoms with Gasteiger partial charge in [0.2, 0.25) is 0 Å². The molecule has 2 aliphatic heterocycles. The lowest BCUT2D eigenvalue weighted by molar-refractivity contribution is 0.0960. The fraction of sp³-hybridized carbons (Fsp3) is 0.667. The minimum absolute atomic E-state index is 0.315.